The van der Waals surface area contributed by atoms with Crippen LogP contribution < -0.4 is 20.7 Å². The molecule has 0 atom stereocenters. The molecular weight excluding hydrogens is 425 g/mol. The Kier molecular flexibility index (Phi) is 3.91. The number of hydrogen-bond acceptors (Lipinski definition) is 4. The predicted molar refractivity (Wildman–Crippen MR) is 129 cm³/mol. The highest BCUT2D eigenvalue weighted by Gasteiger charge is 2.39. The van der Waals surface area contributed by atoms with Crippen LogP contribution in [-0.2, 0) is 0 Å². The van der Waals surface area contributed by atoms with Gasteiger partial charge in [0.1, 0.15) is 16.1 Å². The second-order valence-corrected chi connectivity index (χ2v) is 19.7. The first-order valence-electron chi connectivity index (χ1n) is 8.70. The third-order valence-corrected chi connectivity index (χ3v) is 16.8. The molecule has 0 radical (unpaired) electrons. The Morgan fingerprint density at radius 2 is 0.654 bits per heavy atom. The van der Waals surface area contributed by atoms with Crippen molar-refractivity contribution >= 4 is 82.2 Å². The van der Waals surface area contributed by atoms with Crippen LogP contribution in [0, 0.1) is 0 Å². The molecule has 0 N–H and O–H groups in total. The van der Waals surface area contributed by atoms with Crippen LogP contribution in [-0.4, -0.2) is 16.1 Å². The maximum atomic E-state index is 2.53. The largest absolute Gasteiger partial charge is 0.152 e. The second kappa shape index (κ2) is 5.86. The molecule has 0 unspecified atom stereocenters. The van der Waals surface area contributed by atoms with Gasteiger partial charge >= 0.3 is 0 Å². The van der Waals surface area contributed by atoms with Gasteiger partial charge < -0.3 is 0 Å². The average molecular weight is 445 g/mol. The zero-order valence-corrected chi connectivity index (χ0v) is 20.5. The molecule has 132 valence electrons. The summed E-state index contributed by atoms with van der Waals surface area (Å²) in [5, 5.41) is 25.8. The molecule has 6 heteroatoms. The molecule has 0 aromatic carbocycles. The van der Waals surface area contributed by atoms with Gasteiger partial charge in [0.15, 0.2) is 0 Å². The minimum atomic E-state index is -1.75. The fourth-order valence-corrected chi connectivity index (χ4v) is 17.2. The molecule has 26 heavy (non-hydrogen) atoms. The maximum absolute atomic E-state index is 2.53. The van der Waals surface area contributed by atoms with Crippen molar-refractivity contribution < 1.29 is 0 Å². The van der Waals surface area contributed by atoms with Crippen molar-refractivity contribution in [2.75, 3.05) is 0 Å². The lowest BCUT2D eigenvalue weighted by atomic mass is 10.2. The third kappa shape index (κ3) is 2.26. The van der Waals surface area contributed by atoms with E-state index in [0.29, 0.717) is 0 Å². The quantitative estimate of drug-likeness (QED) is 0.326. The first-order chi connectivity index (χ1) is 12.4. The standard InChI is InChI=1S/C20H20S4Si2/c1-25(2)17-9-21-5-13(17)15-7-23-11-19(15)26(3,4)20-12-24-8-16(20)14-6-22-10-18(14)25/h5-12H,1-4H3. The second-order valence-electron chi connectivity index (χ2n) is 8.05. The summed E-state index contributed by atoms with van der Waals surface area (Å²) >= 11 is 7.52. The first-order valence-corrected chi connectivity index (χ1v) is 18.5. The molecule has 5 heterocycles. The van der Waals surface area contributed by atoms with Crippen molar-refractivity contribution in [3.05, 3.63) is 43.0 Å². The molecule has 0 saturated heterocycles. The summed E-state index contributed by atoms with van der Waals surface area (Å²) in [7, 11) is -3.50. The Morgan fingerprint density at radius 1 is 0.423 bits per heavy atom. The highest BCUT2D eigenvalue weighted by atomic mass is 32.1. The van der Waals surface area contributed by atoms with E-state index in [2.05, 4.69) is 69.2 Å². The lowest BCUT2D eigenvalue weighted by Crippen LogP contribution is -2.57. The monoisotopic (exact) mass is 444 g/mol. The van der Waals surface area contributed by atoms with Gasteiger partial charge in [0.25, 0.3) is 0 Å². The Balaban J connectivity index is 1.95. The van der Waals surface area contributed by atoms with Crippen molar-refractivity contribution in [2.24, 2.45) is 0 Å². The van der Waals surface area contributed by atoms with E-state index in [1.165, 1.54) is 22.3 Å². The summed E-state index contributed by atoms with van der Waals surface area (Å²) < 4.78 is 0. The van der Waals surface area contributed by atoms with Crippen LogP contribution in [0.3, 0.4) is 0 Å². The Labute approximate surface area is 172 Å². The van der Waals surface area contributed by atoms with Gasteiger partial charge in [0.2, 0.25) is 0 Å². The topological polar surface area (TPSA) is 0 Å². The molecule has 4 aromatic rings. The highest BCUT2D eigenvalue weighted by Crippen LogP contribution is 2.33. The lowest BCUT2D eigenvalue weighted by molar-refractivity contribution is 1.73. The van der Waals surface area contributed by atoms with E-state index in [1.54, 1.807) is 20.7 Å². The van der Waals surface area contributed by atoms with Crippen LogP contribution >= 0.6 is 45.3 Å². The van der Waals surface area contributed by atoms with Crippen LogP contribution in [0.15, 0.2) is 43.0 Å². The zero-order chi connectivity index (χ0) is 18.1. The van der Waals surface area contributed by atoms with E-state index in [9.17, 15) is 0 Å². The van der Waals surface area contributed by atoms with E-state index in [0.717, 1.165) is 0 Å². The van der Waals surface area contributed by atoms with Gasteiger partial charge in [-0.15, -0.1) is 0 Å². The smallest absolute Gasteiger partial charge is 0.116 e. The molecule has 0 fully saturated rings. The highest BCUT2D eigenvalue weighted by molar-refractivity contribution is 7.18. The number of fused-ring (bicyclic) bond motifs is 6. The Hall–Kier alpha value is -0.766. The minimum absolute atomic E-state index is 1.51. The van der Waals surface area contributed by atoms with Gasteiger partial charge in [-0.3, -0.25) is 0 Å². The van der Waals surface area contributed by atoms with Gasteiger partial charge in [-0.2, -0.15) is 45.3 Å². The van der Waals surface area contributed by atoms with Crippen molar-refractivity contribution in [1.29, 1.82) is 0 Å². The summed E-state index contributed by atoms with van der Waals surface area (Å²) in [5.41, 5.74) is 6.05. The Bertz CT molecular complexity index is 933. The van der Waals surface area contributed by atoms with E-state index >= 15 is 0 Å². The Morgan fingerprint density at radius 3 is 0.885 bits per heavy atom. The molecule has 4 aromatic heterocycles. The molecule has 0 saturated carbocycles. The summed E-state index contributed by atoms with van der Waals surface area (Å²) in [6.45, 7) is 10.1. The normalized spacial score (nSPS) is 17.1. The van der Waals surface area contributed by atoms with Crippen LogP contribution in [0.4, 0.5) is 0 Å². The molecule has 0 aliphatic carbocycles. The third-order valence-electron chi connectivity index (χ3n) is 5.92. The number of thiophene rings is 4. The molecule has 0 spiro atoms. The molecule has 0 amide bonds. The summed E-state index contributed by atoms with van der Waals surface area (Å²) in [5.74, 6) is 0. The molecule has 1 aliphatic heterocycles. The lowest BCUT2D eigenvalue weighted by Gasteiger charge is -2.30. The van der Waals surface area contributed by atoms with Crippen LogP contribution in [0.2, 0.25) is 26.2 Å². The molecular formula is C20H20S4Si2. The van der Waals surface area contributed by atoms with E-state index in [1.807, 2.05) is 45.3 Å². The molecule has 1 aliphatic rings. The van der Waals surface area contributed by atoms with Gasteiger partial charge in [0, 0.05) is 0 Å². The number of rotatable bonds is 0. The van der Waals surface area contributed by atoms with Crippen LogP contribution in [0.5, 0.6) is 0 Å². The first kappa shape index (κ1) is 17.3. The summed E-state index contributed by atoms with van der Waals surface area (Å²) in [6, 6.07) is 0. The van der Waals surface area contributed by atoms with Gasteiger partial charge in [-0.05, 0) is 86.0 Å². The maximum Gasteiger partial charge on any atom is 0.116 e. The fraction of sp³-hybridized carbons (Fsp3) is 0.200. The predicted octanol–water partition coefficient (Wildman–Crippen LogP) is 5.23. The molecule has 0 nitrogen and oxygen atoms in total. The van der Waals surface area contributed by atoms with E-state index in [-0.39, 0.29) is 0 Å². The van der Waals surface area contributed by atoms with Gasteiger partial charge in [0.05, 0.1) is 0 Å². The minimum Gasteiger partial charge on any atom is -0.152 e. The van der Waals surface area contributed by atoms with Crippen molar-refractivity contribution in [1.82, 2.24) is 0 Å². The van der Waals surface area contributed by atoms with Crippen molar-refractivity contribution in [3.8, 4) is 22.3 Å². The summed E-state index contributed by atoms with van der Waals surface area (Å²) in [6.07, 6.45) is 0. The van der Waals surface area contributed by atoms with Gasteiger partial charge in [-0.25, -0.2) is 0 Å². The number of hydrogen-bond donors (Lipinski definition) is 0. The fourth-order valence-electron chi connectivity index (χ4n) is 4.25. The van der Waals surface area contributed by atoms with Crippen LogP contribution in [0.1, 0.15) is 0 Å². The SMILES string of the molecule is C[Si]1(C)c2cscc2-c2cscc2[Si](C)(C)c2cscc2-c2cscc21. The molecule has 0 bridgehead atoms. The summed E-state index contributed by atoms with van der Waals surface area (Å²) in [4.78, 5) is 0. The van der Waals surface area contributed by atoms with Crippen molar-refractivity contribution in [3.63, 3.8) is 0 Å². The molecule has 5 rings (SSSR count). The van der Waals surface area contributed by atoms with E-state index in [4.69, 9.17) is 0 Å². The van der Waals surface area contributed by atoms with Gasteiger partial charge in [-0.1, -0.05) is 26.2 Å². The van der Waals surface area contributed by atoms with Crippen molar-refractivity contribution in [2.45, 2.75) is 26.2 Å². The van der Waals surface area contributed by atoms with Crippen LogP contribution in [0.25, 0.3) is 22.3 Å². The van der Waals surface area contributed by atoms with E-state index < -0.39 is 16.1 Å². The average Bonchev–Trinajstić information content (AvgIpc) is 3.40. The zero-order valence-electron chi connectivity index (χ0n) is 15.3.